The summed E-state index contributed by atoms with van der Waals surface area (Å²) in [6.07, 6.45) is 1.92. The SMILES string of the molecule is Cc1cc(/C=C2/SC(=S)N(c3ccccc3)C2=O)c(C)n1-c1ccc(OCc2ccc(F)cc2)cc1. The summed E-state index contributed by atoms with van der Waals surface area (Å²) in [4.78, 5) is 15.3. The second-order valence-electron chi connectivity index (χ2n) is 8.42. The van der Waals surface area contributed by atoms with E-state index in [4.69, 9.17) is 17.0 Å². The van der Waals surface area contributed by atoms with E-state index in [0.717, 1.165) is 39.6 Å². The first-order valence-electron chi connectivity index (χ1n) is 11.4. The Morgan fingerprint density at radius 3 is 2.33 bits per heavy atom. The number of para-hydroxylation sites is 1. The molecule has 7 heteroatoms. The zero-order chi connectivity index (χ0) is 25.2. The van der Waals surface area contributed by atoms with Crippen molar-refractivity contribution in [3.05, 3.63) is 118 Å². The second-order valence-corrected chi connectivity index (χ2v) is 10.1. The molecule has 180 valence electrons. The first-order chi connectivity index (χ1) is 17.4. The molecule has 1 amide bonds. The maximum absolute atomic E-state index is 13.1. The van der Waals surface area contributed by atoms with Gasteiger partial charge in [-0.05, 0) is 85.6 Å². The molecule has 0 atom stereocenters. The number of carbonyl (C=O) groups is 1. The minimum Gasteiger partial charge on any atom is -0.489 e. The van der Waals surface area contributed by atoms with Crippen LogP contribution in [-0.4, -0.2) is 14.8 Å². The number of rotatable bonds is 6. The van der Waals surface area contributed by atoms with Crippen molar-refractivity contribution in [2.45, 2.75) is 20.5 Å². The fourth-order valence-electron chi connectivity index (χ4n) is 4.18. The van der Waals surface area contributed by atoms with E-state index in [-0.39, 0.29) is 11.7 Å². The molecule has 1 aromatic heterocycles. The summed E-state index contributed by atoms with van der Waals surface area (Å²) in [5.74, 6) is 0.363. The third kappa shape index (κ3) is 4.85. The molecule has 4 nitrogen and oxygen atoms in total. The Bertz CT molecular complexity index is 1460. The first kappa shape index (κ1) is 24.0. The van der Waals surface area contributed by atoms with Gasteiger partial charge in [0.15, 0.2) is 4.32 Å². The van der Waals surface area contributed by atoms with Crippen molar-refractivity contribution in [3.63, 3.8) is 0 Å². The molecule has 5 rings (SSSR count). The van der Waals surface area contributed by atoms with E-state index in [9.17, 15) is 9.18 Å². The Morgan fingerprint density at radius 1 is 0.944 bits per heavy atom. The van der Waals surface area contributed by atoms with E-state index in [1.165, 1.54) is 23.9 Å². The van der Waals surface area contributed by atoms with Crippen LogP contribution in [-0.2, 0) is 11.4 Å². The number of benzene rings is 3. The van der Waals surface area contributed by atoms with Crippen LogP contribution in [0.15, 0.2) is 89.8 Å². The van der Waals surface area contributed by atoms with Gasteiger partial charge in [0.25, 0.3) is 5.91 Å². The van der Waals surface area contributed by atoms with Crippen molar-refractivity contribution in [2.24, 2.45) is 0 Å². The molecule has 4 aromatic rings. The predicted molar refractivity (Wildman–Crippen MR) is 148 cm³/mol. The molecule has 0 saturated carbocycles. The lowest BCUT2D eigenvalue weighted by Crippen LogP contribution is -2.27. The number of amides is 1. The number of hydrogen-bond donors (Lipinski definition) is 0. The van der Waals surface area contributed by atoms with Crippen LogP contribution >= 0.6 is 24.0 Å². The Morgan fingerprint density at radius 2 is 1.64 bits per heavy atom. The van der Waals surface area contributed by atoms with Gasteiger partial charge in [0, 0.05) is 17.1 Å². The Balaban J connectivity index is 1.35. The highest BCUT2D eigenvalue weighted by atomic mass is 32.2. The molecule has 0 aliphatic carbocycles. The van der Waals surface area contributed by atoms with Crippen molar-refractivity contribution in [2.75, 3.05) is 4.90 Å². The first-order valence-corrected chi connectivity index (χ1v) is 12.6. The number of nitrogens with zero attached hydrogens (tertiary/aromatic N) is 2. The van der Waals surface area contributed by atoms with Crippen molar-refractivity contribution in [1.29, 1.82) is 0 Å². The third-order valence-corrected chi connectivity index (χ3v) is 7.28. The van der Waals surface area contributed by atoms with E-state index in [1.54, 1.807) is 17.0 Å². The van der Waals surface area contributed by atoms with Gasteiger partial charge < -0.3 is 9.30 Å². The Labute approximate surface area is 219 Å². The van der Waals surface area contributed by atoms with Gasteiger partial charge in [0.1, 0.15) is 18.2 Å². The molecule has 36 heavy (non-hydrogen) atoms. The molecule has 0 unspecified atom stereocenters. The molecule has 1 aliphatic rings. The number of carbonyl (C=O) groups excluding carboxylic acids is 1. The summed E-state index contributed by atoms with van der Waals surface area (Å²) in [6, 6.07) is 25.7. The van der Waals surface area contributed by atoms with Crippen molar-refractivity contribution < 1.29 is 13.9 Å². The lowest BCUT2D eigenvalue weighted by molar-refractivity contribution is -0.113. The van der Waals surface area contributed by atoms with E-state index in [1.807, 2.05) is 74.5 Å². The smallest absolute Gasteiger partial charge is 0.270 e. The second kappa shape index (κ2) is 10.1. The molecule has 0 spiro atoms. The number of halogens is 1. The summed E-state index contributed by atoms with van der Waals surface area (Å²) < 4.78 is 21.6. The quantitative estimate of drug-likeness (QED) is 0.201. The van der Waals surface area contributed by atoms with Crippen LogP contribution in [0.5, 0.6) is 5.75 Å². The average molecular weight is 515 g/mol. The van der Waals surface area contributed by atoms with Crippen LogP contribution in [0.25, 0.3) is 11.8 Å². The molecular weight excluding hydrogens is 491 g/mol. The van der Waals surface area contributed by atoms with Crippen molar-refractivity contribution in [1.82, 2.24) is 4.57 Å². The van der Waals surface area contributed by atoms with Crippen LogP contribution in [0.2, 0.25) is 0 Å². The number of aryl methyl sites for hydroxylation is 1. The van der Waals surface area contributed by atoms with Gasteiger partial charge in [0.05, 0.1) is 10.6 Å². The van der Waals surface area contributed by atoms with Gasteiger partial charge in [-0.1, -0.05) is 54.3 Å². The summed E-state index contributed by atoms with van der Waals surface area (Å²) in [5, 5.41) is 0. The Kier molecular flexibility index (Phi) is 6.76. The molecular formula is C29H23FN2O2S2. The zero-order valence-electron chi connectivity index (χ0n) is 19.8. The van der Waals surface area contributed by atoms with Crippen molar-refractivity contribution in [3.8, 4) is 11.4 Å². The number of thiocarbonyl (C=S) groups is 1. The lowest BCUT2D eigenvalue weighted by Gasteiger charge is -2.13. The van der Waals surface area contributed by atoms with Gasteiger partial charge in [0.2, 0.25) is 0 Å². The predicted octanol–water partition coefficient (Wildman–Crippen LogP) is 7.22. The van der Waals surface area contributed by atoms with E-state index >= 15 is 0 Å². The summed E-state index contributed by atoms with van der Waals surface area (Å²) in [6.45, 7) is 4.45. The van der Waals surface area contributed by atoms with Gasteiger partial charge in [-0.3, -0.25) is 9.69 Å². The minimum absolute atomic E-state index is 0.108. The summed E-state index contributed by atoms with van der Waals surface area (Å²) in [7, 11) is 0. The Hall–Kier alpha value is -3.68. The van der Waals surface area contributed by atoms with Crippen LogP contribution in [0.1, 0.15) is 22.5 Å². The van der Waals surface area contributed by atoms with E-state index in [0.29, 0.717) is 15.8 Å². The van der Waals surface area contributed by atoms with Gasteiger partial charge in [-0.2, -0.15) is 0 Å². The maximum Gasteiger partial charge on any atom is 0.270 e. The highest BCUT2D eigenvalue weighted by Gasteiger charge is 2.33. The van der Waals surface area contributed by atoms with Crippen molar-refractivity contribution >= 4 is 46.0 Å². The molecule has 1 saturated heterocycles. The summed E-state index contributed by atoms with van der Waals surface area (Å²) in [5.41, 5.74) is 5.72. The molecule has 0 bridgehead atoms. The van der Waals surface area contributed by atoms with Crippen LogP contribution in [0.3, 0.4) is 0 Å². The van der Waals surface area contributed by atoms with Crippen LogP contribution in [0, 0.1) is 19.7 Å². The van der Waals surface area contributed by atoms with Gasteiger partial charge in [-0.25, -0.2) is 4.39 Å². The van der Waals surface area contributed by atoms with Gasteiger partial charge >= 0.3 is 0 Å². The van der Waals surface area contributed by atoms with E-state index in [2.05, 4.69) is 10.6 Å². The standard InChI is InChI=1S/C29H23FN2O2S2/c1-19-16-22(17-27-28(33)32(29(35)36-27)24-6-4-3-5-7-24)20(2)31(19)25-12-14-26(15-13-25)34-18-21-8-10-23(30)11-9-21/h3-17H,18H2,1-2H3/b27-17+. The molecule has 0 radical (unpaired) electrons. The number of thioether (sulfide) groups is 1. The normalized spacial score (nSPS) is 14.6. The molecule has 3 aromatic carbocycles. The summed E-state index contributed by atoms with van der Waals surface area (Å²) >= 11 is 6.82. The maximum atomic E-state index is 13.1. The largest absolute Gasteiger partial charge is 0.489 e. The number of ether oxygens (including phenoxy) is 1. The fraction of sp³-hybridized carbons (Fsp3) is 0.103. The van der Waals surface area contributed by atoms with E-state index < -0.39 is 0 Å². The number of aromatic nitrogens is 1. The fourth-order valence-corrected chi connectivity index (χ4v) is 5.47. The highest BCUT2D eigenvalue weighted by Crippen LogP contribution is 2.37. The molecule has 1 fully saturated rings. The van der Waals surface area contributed by atoms with Crippen LogP contribution < -0.4 is 9.64 Å². The van der Waals surface area contributed by atoms with Gasteiger partial charge in [-0.15, -0.1) is 0 Å². The van der Waals surface area contributed by atoms with Crippen LogP contribution in [0.4, 0.5) is 10.1 Å². The monoisotopic (exact) mass is 514 g/mol. The highest BCUT2D eigenvalue weighted by molar-refractivity contribution is 8.27. The average Bonchev–Trinajstić information content (AvgIpc) is 3.32. The zero-order valence-corrected chi connectivity index (χ0v) is 21.4. The molecule has 1 aliphatic heterocycles. The number of anilines is 1. The topological polar surface area (TPSA) is 34.5 Å². The molecule has 2 heterocycles. The number of hydrogen-bond acceptors (Lipinski definition) is 4. The lowest BCUT2D eigenvalue weighted by atomic mass is 10.2. The molecule has 0 N–H and O–H groups in total. The third-order valence-electron chi connectivity index (χ3n) is 5.98. The minimum atomic E-state index is -0.261.